The van der Waals surface area contributed by atoms with Gasteiger partial charge in [-0.3, -0.25) is 0 Å². The van der Waals surface area contributed by atoms with Gasteiger partial charge in [-0.15, -0.1) is 6.58 Å². The molecule has 0 aliphatic heterocycles. The average molecular weight is 279 g/mol. The molecule has 0 N–H and O–H groups in total. The van der Waals surface area contributed by atoms with Crippen molar-refractivity contribution in [2.75, 3.05) is 6.61 Å². The van der Waals surface area contributed by atoms with Crippen molar-refractivity contribution >= 4 is 26.4 Å². The standard InChI is InChI=1S/C10H26O3Si3/c1-8-14-11-9-10(12-15(2,3)4)13-16(5,6)7/h8,10H,1,9,14H2,2-7H3. The molecule has 3 nitrogen and oxygen atoms in total. The molecule has 0 aliphatic rings. The van der Waals surface area contributed by atoms with Gasteiger partial charge in [-0.2, -0.15) is 0 Å². The Hall–Kier alpha value is 0.271. The van der Waals surface area contributed by atoms with Crippen molar-refractivity contribution in [3.63, 3.8) is 0 Å². The summed E-state index contributed by atoms with van der Waals surface area (Å²) >= 11 is 0. The summed E-state index contributed by atoms with van der Waals surface area (Å²) in [4.78, 5) is 0. The van der Waals surface area contributed by atoms with Gasteiger partial charge in [-0.1, -0.05) is 5.70 Å². The molecule has 0 radical (unpaired) electrons. The molecule has 0 aromatic heterocycles. The highest BCUT2D eigenvalue weighted by Crippen LogP contribution is 2.14. The third-order valence-electron chi connectivity index (χ3n) is 1.46. The van der Waals surface area contributed by atoms with E-state index in [0.717, 1.165) is 0 Å². The zero-order chi connectivity index (χ0) is 12.8. The molecule has 0 unspecified atom stereocenters. The van der Waals surface area contributed by atoms with Crippen LogP contribution in [0.25, 0.3) is 0 Å². The lowest BCUT2D eigenvalue weighted by Gasteiger charge is -2.31. The lowest BCUT2D eigenvalue weighted by molar-refractivity contribution is -0.0386. The molecule has 0 aromatic carbocycles. The largest absolute Gasteiger partial charge is 0.414 e. The van der Waals surface area contributed by atoms with Crippen molar-refractivity contribution in [2.45, 2.75) is 45.6 Å². The molecule has 0 heterocycles. The number of hydrogen-bond acceptors (Lipinski definition) is 3. The van der Waals surface area contributed by atoms with E-state index in [0.29, 0.717) is 6.61 Å². The predicted molar refractivity (Wildman–Crippen MR) is 77.3 cm³/mol. The Balaban J connectivity index is 4.22. The van der Waals surface area contributed by atoms with Gasteiger partial charge >= 0.3 is 0 Å². The summed E-state index contributed by atoms with van der Waals surface area (Å²) in [6, 6.07) is 0. The van der Waals surface area contributed by atoms with E-state index < -0.39 is 26.4 Å². The summed E-state index contributed by atoms with van der Waals surface area (Å²) in [5.74, 6) is 0. The average Bonchev–Trinajstić information content (AvgIpc) is 1.97. The SMILES string of the molecule is C=C[SiH2]OCC(O[Si](C)(C)C)O[Si](C)(C)C. The number of hydrogen-bond donors (Lipinski definition) is 0. The van der Waals surface area contributed by atoms with Crippen LogP contribution in [-0.4, -0.2) is 39.3 Å². The van der Waals surface area contributed by atoms with Gasteiger partial charge in [0, 0.05) is 0 Å². The minimum atomic E-state index is -1.57. The summed E-state index contributed by atoms with van der Waals surface area (Å²) in [6.45, 7) is 17.2. The van der Waals surface area contributed by atoms with E-state index in [1.165, 1.54) is 0 Å². The predicted octanol–water partition coefficient (Wildman–Crippen LogP) is 2.26. The Kier molecular flexibility index (Phi) is 6.99. The van der Waals surface area contributed by atoms with Crippen LogP contribution in [0.2, 0.25) is 39.3 Å². The van der Waals surface area contributed by atoms with Gasteiger partial charge in [0.15, 0.2) is 32.7 Å². The first-order chi connectivity index (χ1) is 7.14. The van der Waals surface area contributed by atoms with Gasteiger partial charge in [0.1, 0.15) is 0 Å². The second-order valence-electron chi connectivity index (χ2n) is 5.72. The quantitative estimate of drug-likeness (QED) is 0.387. The van der Waals surface area contributed by atoms with Crippen molar-refractivity contribution in [3.8, 4) is 0 Å². The fraction of sp³-hybridized carbons (Fsp3) is 0.800. The molecule has 16 heavy (non-hydrogen) atoms. The van der Waals surface area contributed by atoms with Crippen molar-refractivity contribution in [1.29, 1.82) is 0 Å². The van der Waals surface area contributed by atoms with Gasteiger partial charge in [-0.25, -0.2) is 0 Å². The first kappa shape index (κ1) is 16.3. The fourth-order valence-corrected chi connectivity index (χ4v) is 3.53. The van der Waals surface area contributed by atoms with Crippen LogP contribution in [0.5, 0.6) is 0 Å². The van der Waals surface area contributed by atoms with Crippen LogP contribution < -0.4 is 0 Å². The molecule has 0 fully saturated rings. The molecule has 0 rings (SSSR count). The molecule has 0 saturated carbocycles. The molecular formula is C10H26O3Si3. The van der Waals surface area contributed by atoms with E-state index in [2.05, 4.69) is 45.9 Å². The highest BCUT2D eigenvalue weighted by atomic mass is 28.4. The first-order valence-electron chi connectivity index (χ1n) is 5.68. The summed E-state index contributed by atoms with van der Waals surface area (Å²) in [5, 5.41) is 0. The lowest BCUT2D eigenvalue weighted by atomic mass is 10.7. The highest BCUT2D eigenvalue weighted by molar-refractivity contribution is 6.70. The van der Waals surface area contributed by atoms with Crippen LogP contribution in [0.4, 0.5) is 0 Å². The van der Waals surface area contributed by atoms with Crippen molar-refractivity contribution in [3.05, 3.63) is 12.3 Å². The number of rotatable bonds is 8. The van der Waals surface area contributed by atoms with E-state index in [9.17, 15) is 0 Å². The van der Waals surface area contributed by atoms with Crippen LogP contribution in [-0.2, 0) is 13.3 Å². The van der Waals surface area contributed by atoms with Crippen molar-refractivity contribution in [1.82, 2.24) is 0 Å². The van der Waals surface area contributed by atoms with Crippen molar-refractivity contribution < 1.29 is 13.3 Å². The molecule has 0 aromatic rings. The summed E-state index contributed by atoms with van der Waals surface area (Å²) in [7, 11) is -3.74. The Morgan fingerprint density at radius 1 is 1.06 bits per heavy atom. The molecule has 0 aliphatic carbocycles. The van der Waals surface area contributed by atoms with Gasteiger partial charge < -0.3 is 13.3 Å². The van der Waals surface area contributed by atoms with Crippen LogP contribution in [0.3, 0.4) is 0 Å². The highest BCUT2D eigenvalue weighted by Gasteiger charge is 2.26. The maximum absolute atomic E-state index is 5.97. The van der Waals surface area contributed by atoms with E-state index >= 15 is 0 Å². The maximum atomic E-state index is 5.97. The smallest absolute Gasteiger partial charge is 0.187 e. The molecule has 0 atom stereocenters. The molecule has 0 bridgehead atoms. The van der Waals surface area contributed by atoms with E-state index in [4.69, 9.17) is 13.3 Å². The normalized spacial score (nSPS) is 13.9. The summed E-state index contributed by atoms with van der Waals surface area (Å²) in [6.07, 6.45) is -0.189. The lowest BCUT2D eigenvalue weighted by Crippen LogP contribution is -2.42. The molecular weight excluding hydrogens is 252 g/mol. The maximum Gasteiger partial charge on any atom is 0.187 e. The van der Waals surface area contributed by atoms with Gasteiger partial charge in [-0.05, 0) is 39.3 Å². The van der Waals surface area contributed by atoms with Gasteiger partial charge in [0.05, 0.1) is 6.61 Å². The molecule has 6 heteroatoms. The Labute approximate surface area is 104 Å². The first-order valence-corrected chi connectivity index (χ1v) is 13.9. The summed E-state index contributed by atoms with van der Waals surface area (Å²) < 4.78 is 17.5. The topological polar surface area (TPSA) is 27.7 Å². The van der Waals surface area contributed by atoms with E-state index in [1.54, 1.807) is 0 Å². The van der Waals surface area contributed by atoms with Gasteiger partial charge in [0.2, 0.25) is 0 Å². The third kappa shape index (κ3) is 10.8. The second-order valence-corrected chi connectivity index (χ2v) is 16.0. The van der Waals surface area contributed by atoms with Crippen LogP contribution in [0.1, 0.15) is 0 Å². The van der Waals surface area contributed by atoms with E-state index in [1.807, 2.05) is 5.70 Å². The minimum absolute atomic E-state index is 0.189. The van der Waals surface area contributed by atoms with E-state index in [-0.39, 0.29) is 6.29 Å². The monoisotopic (exact) mass is 278 g/mol. The zero-order valence-electron chi connectivity index (χ0n) is 11.5. The van der Waals surface area contributed by atoms with Crippen molar-refractivity contribution in [2.24, 2.45) is 0 Å². The molecule has 0 saturated heterocycles. The van der Waals surface area contributed by atoms with Crippen LogP contribution >= 0.6 is 0 Å². The minimum Gasteiger partial charge on any atom is -0.414 e. The Morgan fingerprint density at radius 2 is 1.50 bits per heavy atom. The third-order valence-corrected chi connectivity index (χ3v) is 4.11. The molecule has 96 valence electrons. The molecule has 0 amide bonds. The zero-order valence-corrected chi connectivity index (χ0v) is 14.9. The summed E-state index contributed by atoms with van der Waals surface area (Å²) in [5.41, 5.74) is 1.88. The Morgan fingerprint density at radius 3 is 1.81 bits per heavy atom. The fourth-order valence-electron chi connectivity index (χ4n) is 1.13. The molecule has 0 spiro atoms. The second kappa shape index (κ2) is 6.87. The van der Waals surface area contributed by atoms with Gasteiger partial charge in [0.25, 0.3) is 0 Å². The van der Waals surface area contributed by atoms with Crippen LogP contribution in [0.15, 0.2) is 12.3 Å². The van der Waals surface area contributed by atoms with Crippen LogP contribution in [0, 0.1) is 0 Å². The Bertz CT molecular complexity index is 192.